The van der Waals surface area contributed by atoms with Gasteiger partial charge in [-0.25, -0.2) is 9.97 Å². The third kappa shape index (κ3) is 3.67. The van der Waals surface area contributed by atoms with Crippen LogP contribution in [0.2, 0.25) is 0 Å². The van der Waals surface area contributed by atoms with Crippen molar-refractivity contribution in [3.05, 3.63) is 41.0 Å². The molecular formula is C20H26N4S. The molecule has 25 heavy (non-hydrogen) atoms. The predicted molar refractivity (Wildman–Crippen MR) is 108 cm³/mol. The lowest BCUT2D eigenvalue weighted by atomic mass is 9.97. The first-order valence-electron chi connectivity index (χ1n) is 8.96. The minimum atomic E-state index is 0.538. The van der Waals surface area contributed by atoms with Crippen LogP contribution in [0.3, 0.4) is 0 Å². The number of fused-ring (bicyclic) bond motifs is 1. The van der Waals surface area contributed by atoms with E-state index in [9.17, 15) is 0 Å². The summed E-state index contributed by atoms with van der Waals surface area (Å²) in [7, 11) is 0. The van der Waals surface area contributed by atoms with Gasteiger partial charge in [-0.15, -0.1) is 11.3 Å². The zero-order chi connectivity index (χ0) is 17.8. The molecule has 0 aliphatic heterocycles. The topological polar surface area (TPSA) is 63.8 Å². The fourth-order valence-electron chi connectivity index (χ4n) is 3.01. The first kappa shape index (κ1) is 17.8. The number of hydrogen-bond acceptors (Lipinski definition) is 5. The third-order valence-electron chi connectivity index (χ3n) is 4.42. The van der Waals surface area contributed by atoms with Gasteiger partial charge in [0, 0.05) is 17.0 Å². The quantitative estimate of drug-likeness (QED) is 0.598. The van der Waals surface area contributed by atoms with Gasteiger partial charge >= 0.3 is 0 Å². The van der Waals surface area contributed by atoms with Crippen LogP contribution in [0.25, 0.3) is 21.3 Å². The molecule has 0 fully saturated rings. The number of anilines is 1. The molecular weight excluding hydrogens is 328 g/mol. The largest absolute Gasteiger partial charge is 0.369 e. The monoisotopic (exact) mass is 354 g/mol. The van der Waals surface area contributed by atoms with Crippen LogP contribution >= 0.6 is 11.3 Å². The number of nitrogens with one attached hydrogen (secondary N) is 1. The van der Waals surface area contributed by atoms with E-state index in [-0.39, 0.29) is 0 Å². The molecule has 3 aromatic rings. The van der Waals surface area contributed by atoms with Crippen LogP contribution in [0.1, 0.15) is 43.6 Å². The average molecular weight is 355 g/mol. The lowest BCUT2D eigenvalue weighted by molar-refractivity contribution is 0.867. The normalized spacial score (nSPS) is 11.4. The fraction of sp³-hybridized carbons (Fsp3) is 0.400. The number of thiophene rings is 1. The first-order valence-corrected chi connectivity index (χ1v) is 9.78. The van der Waals surface area contributed by atoms with E-state index in [1.165, 1.54) is 21.6 Å². The SMILES string of the molecule is CCc1sc2ncnc(NCCCN)c2c1-c1ccc(C(C)C)cc1. The van der Waals surface area contributed by atoms with Crippen molar-refractivity contribution in [2.75, 3.05) is 18.4 Å². The molecule has 0 bridgehead atoms. The number of rotatable bonds is 7. The molecule has 3 rings (SSSR count). The van der Waals surface area contributed by atoms with Gasteiger partial charge in [-0.3, -0.25) is 0 Å². The number of benzene rings is 1. The fourth-order valence-corrected chi connectivity index (χ4v) is 4.11. The molecule has 0 amide bonds. The maximum atomic E-state index is 5.62. The Kier molecular flexibility index (Phi) is 5.66. The molecule has 0 radical (unpaired) electrons. The Hall–Kier alpha value is -1.98. The van der Waals surface area contributed by atoms with Crippen molar-refractivity contribution < 1.29 is 0 Å². The Balaban J connectivity index is 2.11. The first-order chi connectivity index (χ1) is 12.2. The Bertz CT molecular complexity index is 837. The van der Waals surface area contributed by atoms with E-state index in [0.29, 0.717) is 12.5 Å². The number of nitrogens with two attached hydrogens (primary N) is 1. The van der Waals surface area contributed by atoms with Crippen LogP contribution in [0.5, 0.6) is 0 Å². The molecule has 0 saturated carbocycles. The van der Waals surface area contributed by atoms with Gasteiger partial charge in [0.2, 0.25) is 0 Å². The highest BCUT2D eigenvalue weighted by molar-refractivity contribution is 7.19. The van der Waals surface area contributed by atoms with E-state index in [4.69, 9.17) is 5.73 Å². The highest BCUT2D eigenvalue weighted by atomic mass is 32.1. The van der Waals surface area contributed by atoms with Crippen LogP contribution in [0.4, 0.5) is 5.82 Å². The smallest absolute Gasteiger partial charge is 0.138 e. The number of aromatic nitrogens is 2. The van der Waals surface area contributed by atoms with Gasteiger partial charge in [-0.1, -0.05) is 45.0 Å². The summed E-state index contributed by atoms with van der Waals surface area (Å²) >= 11 is 1.77. The van der Waals surface area contributed by atoms with E-state index in [0.717, 1.165) is 35.4 Å². The van der Waals surface area contributed by atoms with Crippen LogP contribution in [-0.4, -0.2) is 23.1 Å². The van der Waals surface area contributed by atoms with Crippen molar-refractivity contribution in [1.29, 1.82) is 0 Å². The number of aryl methyl sites for hydroxylation is 1. The molecule has 0 saturated heterocycles. The lowest BCUT2D eigenvalue weighted by Crippen LogP contribution is -2.09. The summed E-state index contributed by atoms with van der Waals surface area (Å²) in [6.45, 7) is 8.14. The van der Waals surface area contributed by atoms with Crippen LogP contribution in [0.15, 0.2) is 30.6 Å². The predicted octanol–water partition coefficient (Wildman–Crippen LogP) is 4.80. The minimum Gasteiger partial charge on any atom is -0.369 e. The molecule has 0 unspecified atom stereocenters. The van der Waals surface area contributed by atoms with Crippen molar-refractivity contribution in [2.24, 2.45) is 5.73 Å². The Morgan fingerprint density at radius 1 is 1.16 bits per heavy atom. The molecule has 0 aliphatic rings. The summed E-state index contributed by atoms with van der Waals surface area (Å²) in [6, 6.07) is 8.92. The van der Waals surface area contributed by atoms with E-state index in [1.807, 2.05) is 0 Å². The van der Waals surface area contributed by atoms with Gasteiger partial charge in [0.05, 0.1) is 5.39 Å². The highest BCUT2D eigenvalue weighted by Gasteiger charge is 2.18. The van der Waals surface area contributed by atoms with Crippen LogP contribution in [-0.2, 0) is 6.42 Å². The molecule has 0 spiro atoms. The van der Waals surface area contributed by atoms with Crippen LogP contribution < -0.4 is 11.1 Å². The van der Waals surface area contributed by atoms with E-state index in [2.05, 4.69) is 60.3 Å². The van der Waals surface area contributed by atoms with Crippen molar-refractivity contribution >= 4 is 27.4 Å². The molecule has 5 heteroatoms. The zero-order valence-corrected chi connectivity index (χ0v) is 16.0. The second-order valence-electron chi connectivity index (χ2n) is 6.50. The van der Waals surface area contributed by atoms with E-state index >= 15 is 0 Å². The summed E-state index contributed by atoms with van der Waals surface area (Å²) in [6.07, 6.45) is 3.56. The van der Waals surface area contributed by atoms with Gasteiger partial charge in [0.15, 0.2) is 0 Å². The standard InChI is InChI=1S/C20H26N4S/c1-4-16-17(15-8-6-14(7-9-15)13(2)3)18-19(22-11-5-10-21)23-12-24-20(18)25-16/h6-9,12-13H,4-5,10-11,21H2,1-3H3,(H,22,23,24). The maximum absolute atomic E-state index is 5.62. The zero-order valence-electron chi connectivity index (χ0n) is 15.2. The second kappa shape index (κ2) is 7.93. The summed E-state index contributed by atoms with van der Waals surface area (Å²) in [5.41, 5.74) is 9.49. The Morgan fingerprint density at radius 3 is 2.56 bits per heavy atom. The molecule has 1 aromatic carbocycles. The molecule has 0 aliphatic carbocycles. The summed E-state index contributed by atoms with van der Waals surface area (Å²) in [5.74, 6) is 1.45. The molecule has 2 aromatic heterocycles. The second-order valence-corrected chi connectivity index (χ2v) is 7.59. The molecule has 3 N–H and O–H groups in total. The maximum Gasteiger partial charge on any atom is 0.138 e. The van der Waals surface area contributed by atoms with Gasteiger partial charge in [0.1, 0.15) is 17.0 Å². The van der Waals surface area contributed by atoms with Crippen molar-refractivity contribution in [3.63, 3.8) is 0 Å². The van der Waals surface area contributed by atoms with Gasteiger partial charge in [-0.2, -0.15) is 0 Å². The molecule has 2 heterocycles. The Labute approximate surface area is 153 Å². The third-order valence-corrected chi connectivity index (χ3v) is 5.66. The van der Waals surface area contributed by atoms with Gasteiger partial charge < -0.3 is 11.1 Å². The lowest BCUT2D eigenvalue weighted by Gasteiger charge is -2.10. The minimum absolute atomic E-state index is 0.538. The van der Waals surface area contributed by atoms with E-state index in [1.54, 1.807) is 17.7 Å². The van der Waals surface area contributed by atoms with Crippen molar-refractivity contribution in [3.8, 4) is 11.1 Å². The molecule has 0 atom stereocenters. The Morgan fingerprint density at radius 2 is 1.92 bits per heavy atom. The van der Waals surface area contributed by atoms with Crippen LogP contribution in [0, 0.1) is 0 Å². The highest BCUT2D eigenvalue weighted by Crippen LogP contribution is 2.41. The summed E-state index contributed by atoms with van der Waals surface area (Å²) in [4.78, 5) is 11.4. The summed E-state index contributed by atoms with van der Waals surface area (Å²) < 4.78 is 0. The average Bonchev–Trinajstić information content (AvgIpc) is 3.01. The summed E-state index contributed by atoms with van der Waals surface area (Å²) in [5, 5.41) is 4.58. The van der Waals surface area contributed by atoms with Crippen molar-refractivity contribution in [2.45, 2.75) is 39.5 Å². The van der Waals surface area contributed by atoms with Crippen molar-refractivity contribution in [1.82, 2.24) is 9.97 Å². The molecule has 4 nitrogen and oxygen atoms in total. The molecule has 132 valence electrons. The number of nitrogens with zero attached hydrogens (tertiary/aromatic N) is 2. The van der Waals surface area contributed by atoms with E-state index < -0.39 is 0 Å². The van der Waals surface area contributed by atoms with Gasteiger partial charge in [0.25, 0.3) is 0 Å². The van der Waals surface area contributed by atoms with Gasteiger partial charge in [-0.05, 0) is 36.4 Å². The number of hydrogen-bond donors (Lipinski definition) is 2.